The molecule has 1 aliphatic carbocycles. The highest BCUT2D eigenvalue weighted by atomic mass is 16.5. The largest absolute Gasteiger partial charge is 0.497 e. The minimum atomic E-state index is -0.514. The third-order valence-corrected chi connectivity index (χ3v) is 6.43. The molecule has 28 heavy (non-hydrogen) atoms. The highest BCUT2D eigenvalue weighted by Gasteiger charge is 2.39. The Labute approximate surface area is 168 Å². The van der Waals surface area contributed by atoms with Gasteiger partial charge >= 0.3 is 0 Å². The molecular weight excluding hydrogens is 352 g/mol. The number of piperidine rings is 1. The number of hydrogen-bond acceptors (Lipinski definition) is 3. The zero-order valence-corrected chi connectivity index (χ0v) is 17.3. The fourth-order valence-corrected chi connectivity index (χ4v) is 4.60. The number of hydrogen-bond donors (Lipinski definition) is 1. The van der Waals surface area contributed by atoms with Crippen LogP contribution >= 0.6 is 0 Å². The summed E-state index contributed by atoms with van der Waals surface area (Å²) in [5.41, 5.74) is 0.497. The summed E-state index contributed by atoms with van der Waals surface area (Å²) in [6.45, 7) is 3.77. The van der Waals surface area contributed by atoms with Gasteiger partial charge in [0.05, 0.1) is 12.5 Å². The maximum Gasteiger partial charge on any atom is 0.227 e. The molecule has 1 atom stereocenters. The van der Waals surface area contributed by atoms with Crippen LogP contribution in [0.3, 0.4) is 0 Å². The van der Waals surface area contributed by atoms with Crippen molar-refractivity contribution < 1.29 is 14.3 Å². The van der Waals surface area contributed by atoms with E-state index in [1.54, 1.807) is 7.11 Å². The number of carbonyl (C=O) groups is 2. The molecule has 3 rings (SSSR count). The molecule has 0 aromatic heterocycles. The Morgan fingerprint density at radius 1 is 1.25 bits per heavy atom. The molecule has 2 amide bonds. The number of rotatable bonds is 7. The molecule has 2 aliphatic rings. The standard InChI is InChI=1S/C23H34N2O3/c1-23(22(27)24-16-19-9-5-10-20(15-19)28-2)13-6-14-25(17-23)21(26)12-11-18-7-3-4-8-18/h5,9-10,15,18H,3-4,6-8,11-14,16-17H2,1-2H3,(H,24,27). The Morgan fingerprint density at radius 3 is 2.79 bits per heavy atom. The number of benzene rings is 1. The number of amides is 2. The van der Waals surface area contributed by atoms with Gasteiger partial charge in [-0.3, -0.25) is 9.59 Å². The highest BCUT2D eigenvalue weighted by molar-refractivity contribution is 5.84. The second-order valence-corrected chi connectivity index (χ2v) is 8.70. The van der Waals surface area contributed by atoms with E-state index < -0.39 is 5.41 Å². The number of nitrogens with zero attached hydrogens (tertiary/aromatic N) is 1. The molecule has 1 heterocycles. The number of nitrogens with one attached hydrogen (secondary N) is 1. The quantitative estimate of drug-likeness (QED) is 0.773. The van der Waals surface area contributed by atoms with Crippen LogP contribution in [0.4, 0.5) is 0 Å². The lowest BCUT2D eigenvalue weighted by molar-refractivity contribution is -0.140. The van der Waals surface area contributed by atoms with E-state index in [1.807, 2.05) is 36.1 Å². The van der Waals surface area contributed by atoms with Gasteiger partial charge in [-0.05, 0) is 49.8 Å². The Morgan fingerprint density at radius 2 is 2.04 bits per heavy atom. The molecule has 1 saturated carbocycles. The van der Waals surface area contributed by atoms with Crippen LogP contribution in [0.25, 0.3) is 0 Å². The monoisotopic (exact) mass is 386 g/mol. The summed E-state index contributed by atoms with van der Waals surface area (Å²) >= 11 is 0. The summed E-state index contributed by atoms with van der Waals surface area (Å²) < 4.78 is 5.24. The molecule has 1 aromatic carbocycles. The van der Waals surface area contributed by atoms with Crippen LogP contribution in [0.5, 0.6) is 5.75 Å². The molecule has 1 aromatic rings. The van der Waals surface area contributed by atoms with E-state index in [1.165, 1.54) is 25.7 Å². The number of methoxy groups -OCH3 is 1. The maximum atomic E-state index is 12.9. The summed E-state index contributed by atoms with van der Waals surface area (Å²) in [7, 11) is 1.64. The minimum absolute atomic E-state index is 0.0311. The van der Waals surface area contributed by atoms with Crippen LogP contribution in [-0.2, 0) is 16.1 Å². The Bertz CT molecular complexity index is 684. The van der Waals surface area contributed by atoms with Crippen LogP contribution in [0.1, 0.15) is 63.9 Å². The Balaban J connectivity index is 1.51. The number of likely N-dealkylation sites (tertiary alicyclic amines) is 1. The molecule has 5 nitrogen and oxygen atoms in total. The van der Waals surface area contributed by atoms with Gasteiger partial charge in [-0.15, -0.1) is 0 Å². The molecule has 1 N–H and O–H groups in total. The van der Waals surface area contributed by atoms with Crippen molar-refractivity contribution in [2.75, 3.05) is 20.2 Å². The Hall–Kier alpha value is -2.04. The average molecular weight is 387 g/mol. The van der Waals surface area contributed by atoms with Crippen molar-refractivity contribution in [3.63, 3.8) is 0 Å². The van der Waals surface area contributed by atoms with E-state index in [0.717, 1.165) is 43.0 Å². The van der Waals surface area contributed by atoms with Crippen molar-refractivity contribution in [3.8, 4) is 5.75 Å². The van der Waals surface area contributed by atoms with Gasteiger partial charge in [0.25, 0.3) is 0 Å². The second-order valence-electron chi connectivity index (χ2n) is 8.70. The highest BCUT2D eigenvalue weighted by Crippen LogP contribution is 2.32. The number of carbonyl (C=O) groups excluding carboxylic acids is 2. The van der Waals surface area contributed by atoms with Gasteiger partial charge < -0.3 is 15.0 Å². The lowest BCUT2D eigenvalue weighted by atomic mass is 9.80. The van der Waals surface area contributed by atoms with Gasteiger partial charge in [0.2, 0.25) is 11.8 Å². The van der Waals surface area contributed by atoms with Gasteiger partial charge in [-0.1, -0.05) is 37.8 Å². The first-order valence-corrected chi connectivity index (χ1v) is 10.7. The summed E-state index contributed by atoms with van der Waals surface area (Å²) in [5.74, 6) is 1.77. The van der Waals surface area contributed by atoms with Crippen molar-refractivity contribution in [1.29, 1.82) is 0 Å². The zero-order chi connectivity index (χ0) is 20.0. The average Bonchev–Trinajstić information content (AvgIpc) is 3.24. The normalized spacial score (nSPS) is 22.9. The molecule has 0 radical (unpaired) electrons. The van der Waals surface area contributed by atoms with E-state index >= 15 is 0 Å². The Kier molecular flexibility index (Phi) is 6.97. The van der Waals surface area contributed by atoms with Gasteiger partial charge in [-0.25, -0.2) is 0 Å². The van der Waals surface area contributed by atoms with Crippen LogP contribution in [0, 0.1) is 11.3 Å². The van der Waals surface area contributed by atoms with Crippen molar-refractivity contribution in [2.45, 2.75) is 64.8 Å². The van der Waals surface area contributed by atoms with Gasteiger partial charge in [-0.2, -0.15) is 0 Å². The van der Waals surface area contributed by atoms with Gasteiger partial charge in [0.15, 0.2) is 0 Å². The van der Waals surface area contributed by atoms with Crippen LogP contribution in [0.15, 0.2) is 24.3 Å². The fraction of sp³-hybridized carbons (Fsp3) is 0.652. The number of ether oxygens (including phenoxy) is 1. The van der Waals surface area contributed by atoms with E-state index in [2.05, 4.69) is 5.32 Å². The van der Waals surface area contributed by atoms with Crippen LogP contribution < -0.4 is 10.1 Å². The van der Waals surface area contributed by atoms with Crippen LogP contribution in [-0.4, -0.2) is 36.9 Å². The molecule has 1 aliphatic heterocycles. The van der Waals surface area contributed by atoms with Crippen molar-refractivity contribution in [3.05, 3.63) is 29.8 Å². The summed E-state index contributed by atoms with van der Waals surface area (Å²) in [6, 6.07) is 7.73. The molecule has 0 bridgehead atoms. The zero-order valence-electron chi connectivity index (χ0n) is 17.3. The third kappa shape index (κ3) is 5.27. The molecule has 2 fully saturated rings. The van der Waals surface area contributed by atoms with Crippen molar-refractivity contribution >= 4 is 11.8 Å². The molecule has 154 valence electrons. The third-order valence-electron chi connectivity index (χ3n) is 6.43. The summed E-state index contributed by atoms with van der Waals surface area (Å²) in [4.78, 5) is 27.5. The predicted molar refractivity (Wildman–Crippen MR) is 110 cm³/mol. The minimum Gasteiger partial charge on any atom is -0.497 e. The maximum absolute atomic E-state index is 12.9. The van der Waals surface area contributed by atoms with E-state index in [9.17, 15) is 9.59 Å². The van der Waals surface area contributed by atoms with Gasteiger partial charge in [0, 0.05) is 26.1 Å². The van der Waals surface area contributed by atoms with E-state index in [4.69, 9.17) is 4.74 Å². The topological polar surface area (TPSA) is 58.6 Å². The summed E-state index contributed by atoms with van der Waals surface area (Å²) in [5, 5.41) is 3.06. The van der Waals surface area contributed by atoms with Crippen LogP contribution in [0.2, 0.25) is 0 Å². The SMILES string of the molecule is COc1cccc(CNC(=O)C2(C)CCCN(C(=O)CCC3CCCC3)C2)c1. The molecule has 0 spiro atoms. The van der Waals surface area contributed by atoms with Crippen molar-refractivity contribution in [1.82, 2.24) is 10.2 Å². The first-order valence-electron chi connectivity index (χ1n) is 10.7. The molecule has 5 heteroatoms. The first kappa shape index (κ1) is 20.7. The molecule has 1 saturated heterocycles. The molecular formula is C23H34N2O3. The van der Waals surface area contributed by atoms with E-state index in [0.29, 0.717) is 19.5 Å². The predicted octanol–water partition coefficient (Wildman–Crippen LogP) is 3.91. The lowest BCUT2D eigenvalue weighted by Crippen LogP contribution is -2.51. The first-order chi connectivity index (χ1) is 13.5. The lowest BCUT2D eigenvalue weighted by Gasteiger charge is -2.39. The fourth-order valence-electron chi connectivity index (χ4n) is 4.60. The van der Waals surface area contributed by atoms with E-state index in [-0.39, 0.29) is 11.8 Å². The smallest absolute Gasteiger partial charge is 0.227 e. The summed E-state index contributed by atoms with van der Waals surface area (Å²) in [6.07, 6.45) is 8.53. The second kappa shape index (κ2) is 9.44. The van der Waals surface area contributed by atoms with Crippen molar-refractivity contribution in [2.24, 2.45) is 11.3 Å². The molecule has 1 unspecified atom stereocenters. The van der Waals surface area contributed by atoms with Gasteiger partial charge in [0.1, 0.15) is 5.75 Å².